The average molecular weight is 264 g/mol. The van der Waals surface area contributed by atoms with Crippen LogP contribution >= 0.6 is 11.6 Å². The monoisotopic (exact) mass is 263 g/mol. The first-order valence-corrected chi connectivity index (χ1v) is 6.57. The number of hydrogen-bond donors (Lipinski definition) is 1. The number of benzene rings is 1. The van der Waals surface area contributed by atoms with Crippen molar-refractivity contribution < 1.29 is 0 Å². The summed E-state index contributed by atoms with van der Waals surface area (Å²) in [4.78, 5) is 0. The molecule has 0 saturated heterocycles. The highest BCUT2D eigenvalue weighted by Crippen LogP contribution is 2.16. The first kappa shape index (κ1) is 13.1. The molecule has 0 bridgehead atoms. The number of rotatable bonds is 5. The highest BCUT2D eigenvalue weighted by molar-refractivity contribution is 6.30. The SMILES string of the molecule is CCn1cc(CNC(C)c2ccc(Cl)cc2)cn1. The Balaban J connectivity index is 1.91. The highest BCUT2D eigenvalue weighted by atomic mass is 35.5. The molecular formula is C14H18ClN3. The summed E-state index contributed by atoms with van der Waals surface area (Å²) in [6, 6.07) is 8.24. The summed E-state index contributed by atoms with van der Waals surface area (Å²) in [5.74, 6) is 0. The van der Waals surface area contributed by atoms with Crippen molar-refractivity contribution in [3.8, 4) is 0 Å². The van der Waals surface area contributed by atoms with Crippen molar-refractivity contribution in [2.75, 3.05) is 0 Å². The molecule has 0 spiro atoms. The molecule has 3 nitrogen and oxygen atoms in total. The molecule has 0 aliphatic carbocycles. The van der Waals surface area contributed by atoms with Gasteiger partial charge in [-0.05, 0) is 31.5 Å². The molecule has 1 heterocycles. The van der Waals surface area contributed by atoms with E-state index in [2.05, 4.69) is 42.6 Å². The van der Waals surface area contributed by atoms with Gasteiger partial charge in [-0.3, -0.25) is 4.68 Å². The van der Waals surface area contributed by atoms with Gasteiger partial charge in [0.2, 0.25) is 0 Å². The smallest absolute Gasteiger partial charge is 0.0534 e. The Labute approximate surface area is 113 Å². The Hall–Kier alpha value is -1.32. The summed E-state index contributed by atoms with van der Waals surface area (Å²) in [5, 5.41) is 8.51. The molecule has 0 radical (unpaired) electrons. The first-order valence-electron chi connectivity index (χ1n) is 6.19. The topological polar surface area (TPSA) is 29.9 Å². The maximum Gasteiger partial charge on any atom is 0.0534 e. The molecular weight excluding hydrogens is 246 g/mol. The van der Waals surface area contributed by atoms with Crippen LogP contribution in [0, 0.1) is 0 Å². The molecule has 18 heavy (non-hydrogen) atoms. The Morgan fingerprint density at radius 1 is 1.33 bits per heavy atom. The van der Waals surface area contributed by atoms with E-state index in [0.717, 1.165) is 18.1 Å². The van der Waals surface area contributed by atoms with E-state index in [9.17, 15) is 0 Å². The van der Waals surface area contributed by atoms with Gasteiger partial charge in [-0.15, -0.1) is 0 Å². The van der Waals surface area contributed by atoms with Gasteiger partial charge < -0.3 is 5.32 Å². The van der Waals surface area contributed by atoms with Gasteiger partial charge in [0.1, 0.15) is 0 Å². The number of hydrogen-bond acceptors (Lipinski definition) is 2. The van der Waals surface area contributed by atoms with E-state index >= 15 is 0 Å². The van der Waals surface area contributed by atoms with E-state index in [0.29, 0.717) is 6.04 Å². The van der Waals surface area contributed by atoms with Crippen LogP contribution in [0.4, 0.5) is 0 Å². The summed E-state index contributed by atoms with van der Waals surface area (Å²) >= 11 is 5.88. The lowest BCUT2D eigenvalue weighted by molar-refractivity contribution is 0.574. The van der Waals surface area contributed by atoms with Crippen LogP contribution in [0.5, 0.6) is 0 Å². The standard InChI is InChI=1S/C14H18ClN3/c1-3-18-10-12(9-17-18)8-16-11(2)13-4-6-14(15)7-5-13/h4-7,9-11,16H,3,8H2,1-2H3. The molecule has 1 aromatic carbocycles. The van der Waals surface area contributed by atoms with Crippen molar-refractivity contribution >= 4 is 11.6 Å². The molecule has 0 aliphatic rings. The minimum atomic E-state index is 0.298. The van der Waals surface area contributed by atoms with Crippen molar-refractivity contribution in [3.63, 3.8) is 0 Å². The third kappa shape index (κ3) is 3.34. The van der Waals surface area contributed by atoms with E-state index in [4.69, 9.17) is 11.6 Å². The minimum absolute atomic E-state index is 0.298. The lowest BCUT2D eigenvalue weighted by Crippen LogP contribution is -2.17. The van der Waals surface area contributed by atoms with Crippen LogP contribution in [0.15, 0.2) is 36.7 Å². The summed E-state index contributed by atoms with van der Waals surface area (Å²) in [6.07, 6.45) is 3.98. The second-order valence-electron chi connectivity index (χ2n) is 4.36. The van der Waals surface area contributed by atoms with Crippen molar-refractivity contribution in [1.82, 2.24) is 15.1 Å². The second-order valence-corrected chi connectivity index (χ2v) is 4.79. The second kappa shape index (κ2) is 6.03. The molecule has 0 fully saturated rings. The van der Waals surface area contributed by atoms with Crippen molar-refractivity contribution in [2.24, 2.45) is 0 Å². The fourth-order valence-corrected chi connectivity index (χ4v) is 1.94. The molecule has 2 rings (SSSR count). The number of nitrogens with zero attached hydrogens (tertiary/aromatic N) is 2. The largest absolute Gasteiger partial charge is 0.306 e. The lowest BCUT2D eigenvalue weighted by Gasteiger charge is -2.13. The van der Waals surface area contributed by atoms with Crippen LogP contribution in [0.3, 0.4) is 0 Å². The van der Waals surface area contributed by atoms with Gasteiger partial charge in [-0.2, -0.15) is 5.10 Å². The Morgan fingerprint density at radius 3 is 2.67 bits per heavy atom. The van der Waals surface area contributed by atoms with Crippen LogP contribution in [-0.2, 0) is 13.1 Å². The molecule has 96 valence electrons. The maximum atomic E-state index is 5.88. The molecule has 0 aliphatic heterocycles. The van der Waals surface area contributed by atoms with Crippen LogP contribution in [0.25, 0.3) is 0 Å². The normalized spacial score (nSPS) is 12.6. The summed E-state index contributed by atoms with van der Waals surface area (Å²) in [7, 11) is 0. The minimum Gasteiger partial charge on any atom is -0.306 e. The van der Waals surface area contributed by atoms with E-state index in [1.165, 1.54) is 11.1 Å². The summed E-state index contributed by atoms with van der Waals surface area (Å²) in [6.45, 7) is 5.96. The first-order chi connectivity index (χ1) is 8.69. The van der Waals surface area contributed by atoms with Gasteiger partial charge in [0, 0.05) is 35.9 Å². The molecule has 1 N–H and O–H groups in total. The van der Waals surface area contributed by atoms with Gasteiger partial charge in [0.05, 0.1) is 6.20 Å². The van der Waals surface area contributed by atoms with E-state index in [1.807, 2.05) is 23.0 Å². The van der Waals surface area contributed by atoms with E-state index < -0.39 is 0 Å². The van der Waals surface area contributed by atoms with Crippen molar-refractivity contribution in [2.45, 2.75) is 33.0 Å². The fraction of sp³-hybridized carbons (Fsp3) is 0.357. The van der Waals surface area contributed by atoms with Crippen LogP contribution in [-0.4, -0.2) is 9.78 Å². The number of nitrogens with one attached hydrogen (secondary N) is 1. The van der Waals surface area contributed by atoms with Crippen molar-refractivity contribution in [3.05, 3.63) is 52.8 Å². The Morgan fingerprint density at radius 2 is 2.06 bits per heavy atom. The van der Waals surface area contributed by atoms with Gasteiger partial charge in [0.15, 0.2) is 0 Å². The quantitative estimate of drug-likeness (QED) is 0.896. The molecule has 1 aromatic heterocycles. The van der Waals surface area contributed by atoms with Gasteiger partial charge in [0.25, 0.3) is 0 Å². The third-order valence-electron chi connectivity index (χ3n) is 2.99. The van der Waals surface area contributed by atoms with Crippen LogP contribution in [0.1, 0.15) is 31.0 Å². The van der Waals surface area contributed by atoms with Gasteiger partial charge >= 0.3 is 0 Å². The molecule has 1 atom stereocenters. The lowest BCUT2D eigenvalue weighted by atomic mass is 10.1. The predicted octanol–water partition coefficient (Wildman–Crippen LogP) is 3.41. The number of aryl methyl sites for hydroxylation is 1. The summed E-state index contributed by atoms with van der Waals surface area (Å²) < 4.78 is 1.93. The number of aromatic nitrogens is 2. The zero-order chi connectivity index (χ0) is 13.0. The van der Waals surface area contributed by atoms with E-state index in [-0.39, 0.29) is 0 Å². The Kier molecular flexibility index (Phi) is 4.39. The molecule has 1 unspecified atom stereocenters. The predicted molar refractivity (Wildman–Crippen MR) is 74.6 cm³/mol. The van der Waals surface area contributed by atoms with E-state index in [1.54, 1.807) is 0 Å². The zero-order valence-electron chi connectivity index (χ0n) is 10.7. The molecule has 4 heteroatoms. The van der Waals surface area contributed by atoms with Crippen molar-refractivity contribution in [1.29, 1.82) is 0 Å². The average Bonchev–Trinajstić information content (AvgIpc) is 2.85. The molecule has 0 amide bonds. The number of halogens is 1. The maximum absolute atomic E-state index is 5.88. The third-order valence-corrected chi connectivity index (χ3v) is 3.25. The fourth-order valence-electron chi connectivity index (χ4n) is 1.81. The summed E-state index contributed by atoms with van der Waals surface area (Å²) in [5.41, 5.74) is 2.44. The van der Waals surface area contributed by atoms with Crippen LogP contribution < -0.4 is 5.32 Å². The Bertz CT molecular complexity index is 490. The molecule has 2 aromatic rings. The highest BCUT2D eigenvalue weighted by Gasteiger charge is 2.05. The van der Waals surface area contributed by atoms with Gasteiger partial charge in [-0.25, -0.2) is 0 Å². The molecule has 0 saturated carbocycles. The van der Waals surface area contributed by atoms with Gasteiger partial charge in [-0.1, -0.05) is 23.7 Å². The van der Waals surface area contributed by atoms with Crippen LogP contribution in [0.2, 0.25) is 5.02 Å². The zero-order valence-corrected chi connectivity index (χ0v) is 11.5.